The van der Waals surface area contributed by atoms with Crippen molar-refractivity contribution in [2.75, 3.05) is 0 Å². The van der Waals surface area contributed by atoms with Crippen LogP contribution in [0.3, 0.4) is 0 Å². The van der Waals surface area contributed by atoms with Gasteiger partial charge in [-0.2, -0.15) is 35.0 Å². The van der Waals surface area contributed by atoms with E-state index >= 15 is 0 Å². The van der Waals surface area contributed by atoms with Crippen molar-refractivity contribution in [2.24, 2.45) is 0 Å². The van der Waals surface area contributed by atoms with Crippen molar-refractivity contribution in [3.63, 3.8) is 0 Å². The van der Waals surface area contributed by atoms with Crippen LogP contribution in [0.5, 0.6) is 0 Å². The summed E-state index contributed by atoms with van der Waals surface area (Å²) in [7, 11) is 0. The zero-order chi connectivity index (χ0) is 36.7. The zero-order valence-electron chi connectivity index (χ0n) is 31.2. The second-order valence-corrected chi connectivity index (χ2v) is 31.7. The van der Waals surface area contributed by atoms with Crippen LogP contribution in [0.4, 0.5) is 0 Å². The van der Waals surface area contributed by atoms with Gasteiger partial charge in [-0.25, -0.2) is 0 Å². The smallest absolute Gasteiger partial charge is 0.0771 e. The molecule has 0 aliphatic carbocycles. The zero-order valence-corrected chi connectivity index (χ0v) is 39.7. The van der Waals surface area contributed by atoms with E-state index in [0.717, 1.165) is 0 Å². The van der Waals surface area contributed by atoms with E-state index in [0.29, 0.717) is 0 Å². The van der Waals surface area contributed by atoms with Crippen molar-refractivity contribution in [1.29, 1.82) is 0 Å². The first-order chi connectivity index (χ1) is 25.3. The second kappa shape index (κ2) is 23.9. The molecule has 0 saturated heterocycles. The topological polar surface area (TPSA) is 0 Å². The quantitative estimate of drug-likeness (QED) is 0.107. The van der Waals surface area contributed by atoms with Crippen LogP contribution in [-0.4, -0.2) is 10.9 Å². The van der Waals surface area contributed by atoms with Crippen LogP contribution < -0.4 is 24.8 Å². The molecule has 10 aromatic rings. The van der Waals surface area contributed by atoms with Gasteiger partial charge in [0.15, 0.2) is 0 Å². The summed E-state index contributed by atoms with van der Waals surface area (Å²) < 4.78 is 0. The van der Waals surface area contributed by atoms with Crippen molar-refractivity contribution in [2.45, 2.75) is 26.2 Å². The molecule has 0 bridgehead atoms. The van der Waals surface area contributed by atoms with E-state index in [2.05, 4.69) is 220 Å². The predicted octanol–water partition coefficient (Wildman–Crippen LogP) is 8.12. The molecular formula is C48H44Cl2Si2Zr2-2. The van der Waals surface area contributed by atoms with E-state index in [-0.39, 0.29) is 35.7 Å². The van der Waals surface area contributed by atoms with E-state index < -0.39 is 0 Å². The Morgan fingerprint density at radius 1 is 0.333 bits per heavy atom. The summed E-state index contributed by atoms with van der Waals surface area (Å²) in [6, 6.07) is 67.9. The third-order valence-corrected chi connectivity index (χ3v) is 8.14. The van der Waals surface area contributed by atoms with Gasteiger partial charge in [0.1, 0.15) is 0 Å². The molecule has 0 aliphatic rings. The van der Waals surface area contributed by atoms with Crippen LogP contribution in [0.2, 0.25) is 26.2 Å². The SMILES string of the molecule is C[Si](C)=[Zr+2].C[Si](C)=[Zr+2].[Cl-].[Cl-].c1ccc2[cH-]ccc2c1.c1ccc2[cH-]ccc2c1.c1ccc2c(c1)[cH-]c1ccccc12.c1ccc2c(c1)[cH-]c1ccccc12. The molecule has 10 rings (SSSR count). The molecule has 0 atom stereocenters. The fraction of sp³-hybridized carbons (Fsp3) is 0.0833. The van der Waals surface area contributed by atoms with Gasteiger partial charge in [-0.05, 0) is 0 Å². The first kappa shape index (κ1) is 45.4. The summed E-state index contributed by atoms with van der Waals surface area (Å²) in [5, 5.41) is 16.1. The molecule has 0 amide bonds. The van der Waals surface area contributed by atoms with Crippen LogP contribution >= 0.6 is 0 Å². The van der Waals surface area contributed by atoms with E-state index in [1.165, 1.54) is 64.6 Å². The van der Waals surface area contributed by atoms with E-state index in [9.17, 15) is 0 Å². The standard InChI is InChI=1S/2C13H9.2C9H7.2C2H6Si.2ClH.2Zr/c2*1-3-7-12-10(5-1)9-11-6-2-4-8-13(11)12;2*1-2-5-9-7-3-6-8(9)4-1;2*1-3-2;;;;/h2*1-9H;2*1-7H;2*1-2H3;2*1H;;/q4*-1;;;;;2*+2/p-2. The first-order valence-corrected chi connectivity index (χ1v) is 30.0. The van der Waals surface area contributed by atoms with Crippen molar-refractivity contribution >= 4 is 75.5 Å². The van der Waals surface area contributed by atoms with Gasteiger partial charge >= 0.3 is 83.7 Å². The average molecular weight is 930 g/mol. The first-order valence-electron chi connectivity index (χ1n) is 17.6. The summed E-state index contributed by atoms with van der Waals surface area (Å²) in [4.78, 5) is 0. The normalized spacial score (nSPS) is 9.78. The molecule has 0 unspecified atom stereocenters. The van der Waals surface area contributed by atoms with E-state index in [1.807, 2.05) is 0 Å². The number of benzene rings is 6. The Hall–Kier alpha value is -2.94. The number of halogens is 2. The van der Waals surface area contributed by atoms with Gasteiger partial charge in [-0.15, -0.1) is 139 Å². The third kappa shape index (κ3) is 13.7. The summed E-state index contributed by atoms with van der Waals surface area (Å²) in [5.74, 6) is 0. The number of hydrogen-bond acceptors (Lipinski definition) is 0. The average Bonchev–Trinajstić information content (AvgIpc) is 3.96. The molecule has 0 spiro atoms. The molecule has 54 heavy (non-hydrogen) atoms. The molecular weight excluding hydrogens is 886 g/mol. The maximum absolute atomic E-state index is 2.31. The van der Waals surface area contributed by atoms with Crippen molar-refractivity contribution in [3.8, 4) is 0 Å². The Labute approximate surface area is 363 Å². The van der Waals surface area contributed by atoms with Gasteiger partial charge in [0.2, 0.25) is 0 Å². The minimum atomic E-state index is 0. The fourth-order valence-electron chi connectivity index (χ4n) is 5.95. The molecule has 0 aromatic heterocycles. The Bertz CT molecular complexity index is 2290. The van der Waals surface area contributed by atoms with Gasteiger partial charge in [-0.1, -0.05) is 84.9 Å². The maximum atomic E-state index is 2.31. The monoisotopic (exact) mass is 926 g/mol. The van der Waals surface area contributed by atoms with Crippen LogP contribution in [0.1, 0.15) is 0 Å². The molecule has 0 aliphatic heterocycles. The van der Waals surface area contributed by atoms with Gasteiger partial charge in [-0.3, -0.25) is 0 Å². The summed E-state index contributed by atoms with van der Waals surface area (Å²) in [6.07, 6.45) is 0. The van der Waals surface area contributed by atoms with Crippen molar-refractivity contribution in [3.05, 3.63) is 194 Å². The van der Waals surface area contributed by atoms with Crippen LogP contribution in [0.25, 0.3) is 64.6 Å². The molecule has 0 N–H and O–H groups in total. The Kier molecular flexibility index (Phi) is 20.1. The van der Waals surface area contributed by atoms with Gasteiger partial charge in [0.25, 0.3) is 0 Å². The predicted molar refractivity (Wildman–Crippen MR) is 228 cm³/mol. The summed E-state index contributed by atoms with van der Waals surface area (Å²) in [5.41, 5.74) is 0.421. The maximum Gasteiger partial charge on any atom is -0.0771 e. The van der Waals surface area contributed by atoms with Crippen molar-refractivity contribution in [1.82, 2.24) is 0 Å². The minimum absolute atomic E-state index is 0. The molecule has 0 nitrogen and oxygen atoms in total. The molecule has 0 saturated carbocycles. The fourth-order valence-corrected chi connectivity index (χ4v) is 5.95. The van der Waals surface area contributed by atoms with E-state index in [4.69, 9.17) is 0 Å². The van der Waals surface area contributed by atoms with Crippen LogP contribution in [-0.2, 0) is 46.7 Å². The third-order valence-electron chi connectivity index (χ3n) is 8.14. The number of rotatable bonds is 0. The molecule has 0 heterocycles. The minimum Gasteiger partial charge on any atom is -1.00 e. The number of fused-ring (bicyclic) bond motifs is 8. The van der Waals surface area contributed by atoms with E-state index in [1.54, 1.807) is 46.7 Å². The van der Waals surface area contributed by atoms with Gasteiger partial charge < -0.3 is 24.8 Å². The molecule has 6 heteroatoms. The Morgan fingerprint density at radius 3 is 0.815 bits per heavy atom. The summed E-state index contributed by atoms with van der Waals surface area (Å²) in [6.45, 7) is 9.23. The molecule has 0 fully saturated rings. The van der Waals surface area contributed by atoms with Crippen molar-refractivity contribution < 1.29 is 71.5 Å². The van der Waals surface area contributed by atoms with Gasteiger partial charge in [0, 0.05) is 0 Å². The largest absolute Gasteiger partial charge is 1.00 e. The Balaban J connectivity index is 0.000000181. The van der Waals surface area contributed by atoms with Crippen LogP contribution in [0, 0.1) is 0 Å². The Morgan fingerprint density at radius 2 is 0.556 bits per heavy atom. The molecule has 0 radical (unpaired) electrons. The second-order valence-electron chi connectivity index (χ2n) is 12.9. The number of hydrogen-bond donors (Lipinski definition) is 0. The van der Waals surface area contributed by atoms with Crippen LogP contribution in [0.15, 0.2) is 194 Å². The summed E-state index contributed by atoms with van der Waals surface area (Å²) >= 11 is 3.48. The molecule has 268 valence electrons. The molecule has 10 aromatic carbocycles. The van der Waals surface area contributed by atoms with Gasteiger partial charge in [0.05, 0.1) is 0 Å².